The van der Waals surface area contributed by atoms with Gasteiger partial charge in [0.05, 0.1) is 12.5 Å². The summed E-state index contributed by atoms with van der Waals surface area (Å²) in [6.45, 7) is 1.73. The van der Waals surface area contributed by atoms with Crippen LogP contribution in [0, 0.1) is 11.3 Å². The van der Waals surface area contributed by atoms with Gasteiger partial charge in [0.15, 0.2) is 0 Å². The van der Waals surface area contributed by atoms with Crippen molar-refractivity contribution in [1.82, 2.24) is 10.2 Å². The molecule has 6 heteroatoms. The second kappa shape index (κ2) is 7.90. The van der Waals surface area contributed by atoms with Gasteiger partial charge in [-0.2, -0.15) is 5.26 Å². The first-order chi connectivity index (χ1) is 9.95. The quantitative estimate of drug-likeness (QED) is 0.832. The number of hydrogen-bond acceptors (Lipinski definition) is 3. The van der Waals surface area contributed by atoms with Gasteiger partial charge in [-0.3, -0.25) is 0 Å². The monoisotopic (exact) mass is 289 g/mol. The summed E-state index contributed by atoms with van der Waals surface area (Å²) >= 11 is 0. The van der Waals surface area contributed by atoms with Crippen LogP contribution in [0.15, 0.2) is 30.3 Å². The fraction of sp³-hybridized carbons (Fsp3) is 0.400. The Morgan fingerprint density at radius 1 is 1.38 bits per heavy atom. The number of carboxylic acid groups (broad SMARTS) is 1. The van der Waals surface area contributed by atoms with Gasteiger partial charge in [0, 0.05) is 19.5 Å². The number of urea groups is 1. The van der Waals surface area contributed by atoms with Crippen molar-refractivity contribution in [3.63, 3.8) is 0 Å². The molecule has 2 N–H and O–H groups in total. The molecule has 2 atom stereocenters. The van der Waals surface area contributed by atoms with E-state index in [9.17, 15) is 14.7 Å². The third-order valence-corrected chi connectivity index (χ3v) is 3.25. The minimum absolute atomic E-state index is 0.195. The zero-order chi connectivity index (χ0) is 15.8. The molecule has 21 heavy (non-hydrogen) atoms. The van der Waals surface area contributed by atoms with E-state index < -0.39 is 18.0 Å². The third-order valence-electron chi connectivity index (χ3n) is 3.25. The number of carbonyl (C=O) groups is 2. The van der Waals surface area contributed by atoms with E-state index in [0.29, 0.717) is 0 Å². The molecule has 6 nitrogen and oxygen atoms in total. The molecule has 0 fully saturated rings. The predicted octanol–water partition coefficient (Wildman–Crippen LogP) is 1.63. The summed E-state index contributed by atoms with van der Waals surface area (Å²) < 4.78 is 0. The molecule has 0 aliphatic heterocycles. The van der Waals surface area contributed by atoms with E-state index >= 15 is 0 Å². The van der Waals surface area contributed by atoms with Crippen molar-refractivity contribution in [3.05, 3.63) is 35.9 Å². The lowest BCUT2D eigenvalue weighted by Gasteiger charge is -2.25. The molecule has 1 unspecified atom stereocenters. The van der Waals surface area contributed by atoms with E-state index in [-0.39, 0.29) is 18.9 Å². The maximum Gasteiger partial charge on any atom is 0.326 e. The lowest BCUT2D eigenvalue weighted by atomic mass is 10.1. The molecule has 0 saturated heterocycles. The lowest BCUT2D eigenvalue weighted by Crippen LogP contribution is -2.49. The third kappa shape index (κ3) is 5.15. The minimum Gasteiger partial charge on any atom is -0.480 e. The highest BCUT2D eigenvalue weighted by molar-refractivity contribution is 5.82. The Morgan fingerprint density at radius 3 is 2.52 bits per heavy atom. The average molecular weight is 289 g/mol. The summed E-state index contributed by atoms with van der Waals surface area (Å²) in [7, 11) is 1.54. The van der Waals surface area contributed by atoms with E-state index in [1.165, 1.54) is 4.90 Å². The Balaban J connectivity index is 2.69. The molecule has 0 aliphatic carbocycles. The van der Waals surface area contributed by atoms with Crippen molar-refractivity contribution < 1.29 is 14.7 Å². The fourth-order valence-corrected chi connectivity index (χ4v) is 1.77. The standard InChI is InChI=1S/C15H19N3O3/c1-11(8-9-16)18(2)15(21)17-13(14(19)20)10-12-6-4-3-5-7-12/h3-7,11,13H,8,10H2,1-2H3,(H,17,21)(H,19,20)/t11?,13-/m1/s1. The molecule has 1 aromatic carbocycles. The number of benzene rings is 1. The van der Waals surface area contributed by atoms with Gasteiger partial charge < -0.3 is 15.3 Å². The number of rotatable bonds is 6. The highest BCUT2D eigenvalue weighted by Gasteiger charge is 2.23. The zero-order valence-corrected chi connectivity index (χ0v) is 12.1. The van der Waals surface area contributed by atoms with Crippen LogP contribution in [0.3, 0.4) is 0 Å². The van der Waals surface area contributed by atoms with Gasteiger partial charge in [0.2, 0.25) is 0 Å². The van der Waals surface area contributed by atoms with Gasteiger partial charge >= 0.3 is 12.0 Å². The Kier molecular flexibility index (Phi) is 6.21. The first kappa shape index (κ1) is 16.5. The maximum atomic E-state index is 12.0. The zero-order valence-electron chi connectivity index (χ0n) is 12.1. The number of carboxylic acids is 1. The van der Waals surface area contributed by atoms with Crippen molar-refractivity contribution in [2.75, 3.05) is 7.05 Å². The van der Waals surface area contributed by atoms with Crippen LogP contribution in [0.1, 0.15) is 18.9 Å². The Labute approximate surface area is 124 Å². The molecule has 0 radical (unpaired) electrons. The molecule has 1 aromatic rings. The van der Waals surface area contributed by atoms with Crippen LogP contribution in [0.25, 0.3) is 0 Å². The lowest BCUT2D eigenvalue weighted by molar-refractivity contribution is -0.139. The molecule has 2 amide bonds. The van der Waals surface area contributed by atoms with Crippen molar-refractivity contribution >= 4 is 12.0 Å². The topological polar surface area (TPSA) is 93.4 Å². The molecule has 0 aliphatic rings. The van der Waals surface area contributed by atoms with Crippen molar-refractivity contribution in [2.45, 2.75) is 31.8 Å². The fourth-order valence-electron chi connectivity index (χ4n) is 1.77. The highest BCUT2D eigenvalue weighted by Crippen LogP contribution is 2.06. The first-order valence-electron chi connectivity index (χ1n) is 6.62. The SMILES string of the molecule is CC(CC#N)N(C)C(=O)N[C@H](Cc1ccccc1)C(=O)O. The second-order valence-corrected chi connectivity index (χ2v) is 4.85. The van der Waals surface area contributed by atoms with Gasteiger partial charge in [0.25, 0.3) is 0 Å². The van der Waals surface area contributed by atoms with E-state index in [1.807, 2.05) is 36.4 Å². The summed E-state index contributed by atoms with van der Waals surface area (Å²) in [5, 5.41) is 20.3. The Bertz CT molecular complexity index is 525. The largest absolute Gasteiger partial charge is 0.480 e. The van der Waals surface area contributed by atoms with E-state index in [1.54, 1.807) is 14.0 Å². The number of hydrogen-bond donors (Lipinski definition) is 2. The summed E-state index contributed by atoms with van der Waals surface area (Å²) in [6, 6.07) is 9.30. The van der Waals surface area contributed by atoms with Crippen LogP contribution < -0.4 is 5.32 Å². The molecule has 0 heterocycles. The summed E-state index contributed by atoms with van der Waals surface area (Å²) in [5.74, 6) is -1.09. The van der Waals surface area contributed by atoms with Gasteiger partial charge in [-0.25, -0.2) is 9.59 Å². The molecular weight excluding hydrogens is 270 g/mol. The number of nitriles is 1. The van der Waals surface area contributed by atoms with Crippen molar-refractivity contribution in [2.24, 2.45) is 0 Å². The van der Waals surface area contributed by atoms with Gasteiger partial charge in [-0.15, -0.1) is 0 Å². The van der Waals surface area contributed by atoms with E-state index in [2.05, 4.69) is 5.32 Å². The summed E-state index contributed by atoms with van der Waals surface area (Å²) in [5.41, 5.74) is 0.831. The highest BCUT2D eigenvalue weighted by atomic mass is 16.4. The number of nitrogens with zero attached hydrogens (tertiary/aromatic N) is 2. The minimum atomic E-state index is -1.09. The van der Waals surface area contributed by atoms with Crippen LogP contribution in [0.5, 0.6) is 0 Å². The summed E-state index contributed by atoms with van der Waals surface area (Å²) in [6.07, 6.45) is 0.405. The number of aliphatic carboxylic acids is 1. The average Bonchev–Trinajstić information content (AvgIpc) is 2.46. The van der Waals surface area contributed by atoms with E-state index in [4.69, 9.17) is 5.26 Å². The number of amides is 2. The van der Waals surface area contributed by atoms with Gasteiger partial charge in [0.1, 0.15) is 6.04 Å². The van der Waals surface area contributed by atoms with Crippen molar-refractivity contribution in [3.8, 4) is 6.07 Å². The predicted molar refractivity (Wildman–Crippen MR) is 77.6 cm³/mol. The van der Waals surface area contributed by atoms with Gasteiger partial charge in [-0.1, -0.05) is 30.3 Å². The van der Waals surface area contributed by atoms with Crippen LogP contribution >= 0.6 is 0 Å². The molecule has 0 spiro atoms. The molecule has 112 valence electrons. The number of carbonyl (C=O) groups excluding carboxylic acids is 1. The normalized spacial score (nSPS) is 12.8. The van der Waals surface area contributed by atoms with Crippen molar-refractivity contribution in [1.29, 1.82) is 5.26 Å². The molecule has 0 saturated carbocycles. The molecule has 0 bridgehead atoms. The van der Waals surface area contributed by atoms with Crippen LogP contribution in [-0.2, 0) is 11.2 Å². The van der Waals surface area contributed by atoms with Crippen LogP contribution in [0.2, 0.25) is 0 Å². The van der Waals surface area contributed by atoms with Crippen LogP contribution in [-0.4, -0.2) is 41.1 Å². The number of nitrogens with one attached hydrogen (secondary N) is 1. The maximum absolute atomic E-state index is 12.0. The molecular formula is C15H19N3O3. The smallest absolute Gasteiger partial charge is 0.326 e. The molecule has 0 aromatic heterocycles. The van der Waals surface area contributed by atoms with E-state index in [0.717, 1.165) is 5.56 Å². The molecule has 1 rings (SSSR count). The summed E-state index contributed by atoms with van der Waals surface area (Å²) in [4.78, 5) is 24.6. The van der Waals surface area contributed by atoms with Gasteiger partial charge in [-0.05, 0) is 12.5 Å². The second-order valence-electron chi connectivity index (χ2n) is 4.85. The Hall–Kier alpha value is -2.55. The Morgan fingerprint density at radius 2 is 2.00 bits per heavy atom. The van der Waals surface area contributed by atoms with Crippen LogP contribution in [0.4, 0.5) is 4.79 Å². The first-order valence-corrected chi connectivity index (χ1v) is 6.62.